The molecule has 1 aromatic carbocycles. The molecule has 3 heteroatoms. The van der Waals surface area contributed by atoms with Gasteiger partial charge in [-0.15, -0.1) is 0 Å². The average molecular weight is 327 g/mol. The number of carbonyl (C=O) groups is 1. The lowest BCUT2D eigenvalue weighted by Gasteiger charge is -2.32. The van der Waals surface area contributed by atoms with E-state index in [0.717, 1.165) is 12.1 Å². The van der Waals surface area contributed by atoms with Gasteiger partial charge in [0.2, 0.25) is 0 Å². The fourth-order valence-electron chi connectivity index (χ4n) is 3.13. The second kappa shape index (κ2) is 7.69. The fraction of sp³-hybridized carbons (Fsp3) is 0.400. The van der Waals surface area contributed by atoms with Crippen molar-refractivity contribution in [2.45, 2.75) is 46.5 Å². The molecule has 0 heterocycles. The lowest BCUT2D eigenvalue weighted by Crippen LogP contribution is -2.19. The summed E-state index contributed by atoms with van der Waals surface area (Å²) in [7, 11) is 0. The van der Waals surface area contributed by atoms with Gasteiger partial charge in [-0.25, -0.2) is 0 Å². The maximum Gasteiger partial charge on any atom is 0.162 e. The Morgan fingerprint density at radius 3 is 2.65 bits per heavy atom. The molecule has 0 radical (unpaired) electrons. The molecular formula is C20H25NOS. The van der Waals surface area contributed by atoms with Gasteiger partial charge in [-0.3, -0.25) is 4.79 Å². The van der Waals surface area contributed by atoms with Crippen LogP contribution in [0.15, 0.2) is 53.6 Å². The van der Waals surface area contributed by atoms with Crippen LogP contribution in [0.5, 0.6) is 0 Å². The van der Waals surface area contributed by atoms with Gasteiger partial charge in [-0.1, -0.05) is 55.9 Å². The Labute approximate surface area is 144 Å². The second-order valence-electron chi connectivity index (χ2n) is 6.82. The largest absolute Gasteiger partial charge is 0.350 e. The lowest BCUT2D eigenvalue weighted by molar-refractivity contribution is -0.113. The minimum atomic E-state index is 0.0418. The Kier molecular flexibility index (Phi) is 5.89. The summed E-state index contributed by atoms with van der Waals surface area (Å²) in [6.45, 7) is 6.68. The topological polar surface area (TPSA) is 29.1 Å². The summed E-state index contributed by atoms with van der Waals surface area (Å²) in [5.41, 5.74) is 3.78. The number of hydrogen-bond acceptors (Lipinski definition) is 2. The smallest absolute Gasteiger partial charge is 0.162 e. The Morgan fingerprint density at radius 2 is 2.00 bits per heavy atom. The van der Waals surface area contributed by atoms with Crippen molar-refractivity contribution in [3.63, 3.8) is 0 Å². The first-order valence-corrected chi connectivity index (χ1v) is 8.55. The number of ketones is 1. The highest BCUT2D eigenvalue weighted by atomic mass is 32.1. The van der Waals surface area contributed by atoms with Gasteiger partial charge in [0.05, 0.1) is 11.4 Å². The number of allylic oxidation sites excluding steroid dienone is 4. The highest BCUT2D eigenvalue weighted by molar-refractivity contribution is 7.80. The van der Waals surface area contributed by atoms with Crippen LogP contribution in [0.4, 0.5) is 5.69 Å². The molecule has 1 N–H and O–H groups in total. The first kappa shape index (κ1) is 17.6. The number of carbonyl (C=O) groups excluding carboxylic acids is 1. The van der Waals surface area contributed by atoms with Crippen LogP contribution in [0.1, 0.15) is 46.5 Å². The van der Waals surface area contributed by atoms with E-state index in [1.54, 1.807) is 6.08 Å². The number of hydrogen-bond donors (Lipinski definition) is 1. The molecule has 2 rings (SSSR count). The lowest BCUT2D eigenvalue weighted by atomic mass is 9.72. The molecule has 122 valence electrons. The number of anilines is 1. The van der Waals surface area contributed by atoms with Crippen LogP contribution in [-0.4, -0.2) is 10.8 Å². The Morgan fingerprint density at radius 1 is 1.30 bits per heavy atom. The van der Waals surface area contributed by atoms with Crippen molar-refractivity contribution in [3.05, 3.63) is 53.6 Å². The van der Waals surface area contributed by atoms with E-state index in [4.69, 9.17) is 12.2 Å². The highest BCUT2D eigenvalue weighted by Crippen LogP contribution is 2.40. The monoisotopic (exact) mass is 327 g/mol. The Bertz CT molecular complexity index is 641. The summed E-state index contributed by atoms with van der Waals surface area (Å²) >= 11 is 5.27. The van der Waals surface area contributed by atoms with Gasteiger partial charge in [-0.05, 0) is 55.4 Å². The van der Waals surface area contributed by atoms with Crippen molar-refractivity contribution in [2.75, 3.05) is 5.32 Å². The molecule has 0 amide bonds. The van der Waals surface area contributed by atoms with Crippen LogP contribution in [0.25, 0.3) is 0 Å². The summed E-state index contributed by atoms with van der Waals surface area (Å²) in [5.74, 6) is 0.0418. The van der Waals surface area contributed by atoms with E-state index in [2.05, 4.69) is 26.1 Å². The fourth-order valence-corrected chi connectivity index (χ4v) is 3.39. The molecule has 0 bridgehead atoms. The van der Waals surface area contributed by atoms with Crippen LogP contribution in [-0.2, 0) is 4.79 Å². The Balaban J connectivity index is 1.95. The summed E-state index contributed by atoms with van der Waals surface area (Å²) < 4.78 is 0. The molecule has 2 nitrogen and oxygen atoms in total. The predicted octanol–water partition coefficient (Wildman–Crippen LogP) is 5.47. The molecule has 1 aliphatic carbocycles. The molecule has 23 heavy (non-hydrogen) atoms. The molecule has 0 aromatic heterocycles. The molecule has 0 atom stereocenters. The molecule has 1 aliphatic rings. The van der Waals surface area contributed by atoms with Gasteiger partial charge < -0.3 is 5.32 Å². The van der Waals surface area contributed by atoms with E-state index in [1.165, 1.54) is 24.0 Å². The first-order valence-electron chi connectivity index (χ1n) is 8.14. The van der Waals surface area contributed by atoms with E-state index >= 15 is 0 Å². The quantitative estimate of drug-likeness (QED) is 0.574. The minimum absolute atomic E-state index is 0.0418. The summed E-state index contributed by atoms with van der Waals surface area (Å²) in [6, 6.07) is 9.70. The van der Waals surface area contributed by atoms with Gasteiger partial charge in [-0.2, -0.15) is 0 Å². The van der Waals surface area contributed by atoms with E-state index in [-0.39, 0.29) is 17.6 Å². The average Bonchev–Trinajstić information content (AvgIpc) is 2.46. The third-order valence-electron chi connectivity index (χ3n) is 4.37. The van der Waals surface area contributed by atoms with Crippen LogP contribution in [0.3, 0.4) is 0 Å². The van der Waals surface area contributed by atoms with Crippen molar-refractivity contribution in [1.29, 1.82) is 0 Å². The van der Waals surface area contributed by atoms with Gasteiger partial charge >= 0.3 is 0 Å². The van der Waals surface area contributed by atoms with Crippen LogP contribution < -0.4 is 5.32 Å². The third kappa shape index (κ3) is 5.14. The molecule has 0 spiro atoms. The van der Waals surface area contributed by atoms with Crippen molar-refractivity contribution >= 4 is 28.7 Å². The van der Waals surface area contributed by atoms with E-state index < -0.39 is 0 Å². The number of thiocarbonyl (C=S) groups is 1. The SMILES string of the molecule is CC1=C(/C=C/C(=O)CC(=S)Nc2ccccc2)C(C)(C)CCC1. The normalized spacial score (nSPS) is 17.3. The Hall–Kier alpha value is -1.74. The molecule has 0 fully saturated rings. The minimum Gasteiger partial charge on any atom is -0.350 e. The van der Waals surface area contributed by atoms with E-state index in [0.29, 0.717) is 4.99 Å². The third-order valence-corrected chi connectivity index (χ3v) is 4.62. The van der Waals surface area contributed by atoms with Gasteiger partial charge in [0, 0.05) is 5.69 Å². The van der Waals surface area contributed by atoms with Crippen LogP contribution >= 0.6 is 12.2 Å². The zero-order chi connectivity index (χ0) is 16.9. The van der Waals surface area contributed by atoms with Crippen molar-refractivity contribution in [3.8, 4) is 0 Å². The maximum absolute atomic E-state index is 12.2. The molecular weight excluding hydrogens is 302 g/mol. The van der Waals surface area contributed by atoms with Gasteiger partial charge in [0.1, 0.15) is 0 Å². The summed E-state index contributed by atoms with van der Waals surface area (Å²) in [6.07, 6.45) is 7.47. The molecule has 0 aliphatic heterocycles. The number of benzene rings is 1. The maximum atomic E-state index is 12.2. The number of rotatable bonds is 5. The van der Waals surface area contributed by atoms with Crippen molar-refractivity contribution in [2.24, 2.45) is 5.41 Å². The molecule has 1 aromatic rings. The highest BCUT2D eigenvalue weighted by Gasteiger charge is 2.26. The van der Waals surface area contributed by atoms with E-state index in [9.17, 15) is 4.79 Å². The van der Waals surface area contributed by atoms with Gasteiger partial charge in [0.15, 0.2) is 5.78 Å². The second-order valence-corrected chi connectivity index (χ2v) is 7.31. The number of para-hydroxylation sites is 1. The van der Waals surface area contributed by atoms with Crippen molar-refractivity contribution < 1.29 is 4.79 Å². The zero-order valence-electron chi connectivity index (χ0n) is 14.2. The first-order chi connectivity index (χ1) is 10.9. The predicted molar refractivity (Wildman–Crippen MR) is 102 cm³/mol. The van der Waals surface area contributed by atoms with Crippen LogP contribution in [0.2, 0.25) is 0 Å². The zero-order valence-corrected chi connectivity index (χ0v) is 15.0. The summed E-state index contributed by atoms with van der Waals surface area (Å²) in [4.78, 5) is 12.7. The van der Waals surface area contributed by atoms with Crippen molar-refractivity contribution in [1.82, 2.24) is 0 Å². The standard InChI is InChI=1S/C20H25NOS/c1-15-8-7-13-20(2,3)18(15)12-11-17(22)14-19(23)21-16-9-5-4-6-10-16/h4-6,9-12H,7-8,13-14H2,1-3H3,(H,21,23)/b12-11+. The molecule has 0 saturated carbocycles. The number of nitrogens with one attached hydrogen (secondary N) is 1. The van der Waals surface area contributed by atoms with E-state index in [1.807, 2.05) is 36.4 Å². The summed E-state index contributed by atoms with van der Waals surface area (Å²) in [5, 5.41) is 3.10. The molecule has 0 unspecified atom stereocenters. The molecule has 0 saturated heterocycles. The van der Waals surface area contributed by atoms with Gasteiger partial charge in [0.25, 0.3) is 0 Å². The van der Waals surface area contributed by atoms with Crippen LogP contribution in [0, 0.1) is 5.41 Å².